The molecule has 2 aliphatic rings. The maximum Gasteiger partial charge on any atom is 0.321 e. The predicted octanol–water partition coefficient (Wildman–Crippen LogP) is 1.60. The van der Waals surface area contributed by atoms with E-state index in [1.165, 1.54) is 5.56 Å². The van der Waals surface area contributed by atoms with E-state index >= 15 is 0 Å². The van der Waals surface area contributed by atoms with Crippen LogP contribution in [-0.4, -0.2) is 31.1 Å². The minimum Gasteiger partial charge on any atom is -0.361 e. The van der Waals surface area contributed by atoms with Crippen molar-refractivity contribution in [1.82, 2.24) is 10.6 Å². The second-order valence-corrected chi connectivity index (χ2v) is 5.64. The first kappa shape index (κ1) is 13.0. The molecular formula is C15H19N3O2. The van der Waals surface area contributed by atoms with Crippen LogP contribution in [0.3, 0.4) is 0 Å². The summed E-state index contributed by atoms with van der Waals surface area (Å²) in [7, 11) is 0. The van der Waals surface area contributed by atoms with Crippen LogP contribution in [-0.2, 0) is 4.79 Å². The number of anilines is 1. The quantitative estimate of drug-likeness (QED) is 0.879. The van der Waals surface area contributed by atoms with Crippen molar-refractivity contribution in [2.24, 2.45) is 0 Å². The Kier molecular flexibility index (Phi) is 3.34. The summed E-state index contributed by atoms with van der Waals surface area (Å²) in [6, 6.07) is 7.99. The van der Waals surface area contributed by atoms with Gasteiger partial charge in [-0.2, -0.15) is 0 Å². The normalized spacial score (nSPS) is 20.4. The third-order valence-electron chi connectivity index (χ3n) is 3.80. The molecule has 0 aromatic heterocycles. The minimum atomic E-state index is -0.377. The number of benzene rings is 1. The zero-order valence-corrected chi connectivity index (χ0v) is 11.6. The van der Waals surface area contributed by atoms with Crippen LogP contribution in [0.1, 0.15) is 31.2 Å². The molecule has 0 spiro atoms. The van der Waals surface area contributed by atoms with Crippen LogP contribution in [0.25, 0.3) is 0 Å². The number of hydrogen-bond acceptors (Lipinski definition) is 3. The lowest BCUT2D eigenvalue weighted by atomic mass is 10.0. The first-order valence-corrected chi connectivity index (χ1v) is 7.07. The molecule has 1 atom stereocenters. The fraction of sp³-hybridized carbons (Fsp3) is 0.467. The van der Waals surface area contributed by atoms with E-state index in [9.17, 15) is 9.59 Å². The predicted molar refractivity (Wildman–Crippen MR) is 76.8 cm³/mol. The highest BCUT2D eigenvalue weighted by Gasteiger charge is 2.27. The SMILES string of the molecule is CC1CN(CC(=O)NC(=O)NC2CC2)c2ccccc21. The molecule has 5 heteroatoms. The number of nitrogens with one attached hydrogen (secondary N) is 2. The average Bonchev–Trinajstić information content (AvgIpc) is 3.16. The molecule has 1 aromatic rings. The number of fused-ring (bicyclic) bond motifs is 1. The molecule has 20 heavy (non-hydrogen) atoms. The Labute approximate surface area is 118 Å². The van der Waals surface area contributed by atoms with Gasteiger partial charge in [0.1, 0.15) is 0 Å². The highest BCUT2D eigenvalue weighted by atomic mass is 16.2. The van der Waals surface area contributed by atoms with E-state index in [-0.39, 0.29) is 24.5 Å². The van der Waals surface area contributed by atoms with Crippen LogP contribution in [0.2, 0.25) is 0 Å². The molecular weight excluding hydrogens is 254 g/mol. The number of hydrogen-bond donors (Lipinski definition) is 2. The lowest BCUT2D eigenvalue weighted by Crippen LogP contribution is -2.45. The zero-order chi connectivity index (χ0) is 14.1. The molecule has 0 radical (unpaired) electrons. The third-order valence-corrected chi connectivity index (χ3v) is 3.80. The van der Waals surface area contributed by atoms with Gasteiger partial charge >= 0.3 is 6.03 Å². The van der Waals surface area contributed by atoms with Crippen molar-refractivity contribution in [2.75, 3.05) is 18.0 Å². The highest BCUT2D eigenvalue weighted by molar-refractivity contribution is 5.96. The first-order valence-electron chi connectivity index (χ1n) is 7.07. The van der Waals surface area contributed by atoms with Gasteiger partial charge in [-0.3, -0.25) is 10.1 Å². The van der Waals surface area contributed by atoms with Crippen LogP contribution in [0.15, 0.2) is 24.3 Å². The molecule has 1 aromatic carbocycles. The molecule has 106 valence electrons. The van der Waals surface area contributed by atoms with Crippen molar-refractivity contribution in [1.29, 1.82) is 0 Å². The fourth-order valence-electron chi connectivity index (χ4n) is 2.66. The zero-order valence-electron chi connectivity index (χ0n) is 11.6. The highest BCUT2D eigenvalue weighted by Crippen LogP contribution is 2.35. The Morgan fingerprint density at radius 1 is 1.30 bits per heavy atom. The van der Waals surface area contributed by atoms with Crippen LogP contribution in [0.5, 0.6) is 0 Å². The second-order valence-electron chi connectivity index (χ2n) is 5.64. The lowest BCUT2D eigenvalue weighted by Gasteiger charge is -2.18. The van der Waals surface area contributed by atoms with Crippen molar-refractivity contribution >= 4 is 17.6 Å². The van der Waals surface area contributed by atoms with E-state index < -0.39 is 0 Å². The summed E-state index contributed by atoms with van der Waals surface area (Å²) >= 11 is 0. The van der Waals surface area contributed by atoms with Crippen LogP contribution < -0.4 is 15.5 Å². The molecule has 3 rings (SSSR count). The summed E-state index contributed by atoms with van der Waals surface area (Å²) in [5.41, 5.74) is 2.36. The topological polar surface area (TPSA) is 61.4 Å². The van der Waals surface area contributed by atoms with E-state index in [0.717, 1.165) is 25.1 Å². The molecule has 1 aliphatic carbocycles. The van der Waals surface area contributed by atoms with Gasteiger partial charge in [0, 0.05) is 24.2 Å². The van der Waals surface area contributed by atoms with E-state index in [4.69, 9.17) is 0 Å². The van der Waals surface area contributed by atoms with Gasteiger partial charge in [0.15, 0.2) is 0 Å². The number of carbonyl (C=O) groups is 2. The summed E-state index contributed by atoms with van der Waals surface area (Å²) in [6.45, 7) is 3.19. The molecule has 3 amide bonds. The summed E-state index contributed by atoms with van der Waals surface area (Å²) in [5, 5.41) is 5.14. The second kappa shape index (κ2) is 5.15. The van der Waals surface area contributed by atoms with E-state index in [0.29, 0.717) is 5.92 Å². The first-order chi connectivity index (χ1) is 9.63. The van der Waals surface area contributed by atoms with Gasteiger partial charge in [0.2, 0.25) is 5.91 Å². The maximum atomic E-state index is 11.9. The number of para-hydroxylation sites is 1. The number of rotatable bonds is 3. The van der Waals surface area contributed by atoms with Crippen molar-refractivity contribution in [3.8, 4) is 0 Å². The Bertz CT molecular complexity index is 540. The van der Waals surface area contributed by atoms with Gasteiger partial charge in [-0.25, -0.2) is 4.79 Å². The molecule has 2 N–H and O–H groups in total. The van der Waals surface area contributed by atoms with Crippen LogP contribution >= 0.6 is 0 Å². The Morgan fingerprint density at radius 3 is 2.80 bits per heavy atom. The lowest BCUT2D eigenvalue weighted by molar-refractivity contribution is -0.118. The van der Waals surface area contributed by atoms with Gasteiger partial charge in [0.05, 0.1) is 6.54 Å². The van der Waals surface area contributed by atoms with Crippen molar-refractivity contribution in [3.63, 3.8) is 0 Å². The summed E-state index contributed by atoms with van der Waals surface area (Å²) in [6.07, 6.45) is 2.03. The van der Waals surface area contributed by atoms with Crippen molar-refractivity contribution in [2.45, 2.75) is 31.7 Å². The minimum absolute atomic E-state index is 0.222. The summed E-state index contributed by atoms with van der Waals surface area (Å²) in [4.78, 5) is 25.5. The Balaban J connectivity index is 1.58. The molecule has 0 saturated heterocycles. The van der Waals surface area contributed by atoms with Crippen molar-refractivity contribution < 1.29 is 9.59 Å². The number of nitrogens with zero attached hydrogens (tertiary/aromatic N) is 1. The number of urea groups is 1. The van der Waals surface area contributed by atoms with E-state index in [1.54, 1.807) is 0 Å². The molecule has 1 fully saturated rings. The van der Waals surface area contributed by atoms with E-state index in [2.05, 4.69) is 23.6 Å². The van der Waals surface area contributed by atoms with Gasteiger partial charge in [-0.05, 0) is 24.5 Å². The van der Waals surface area contributed by atoms with Gasteiger partial charge < -0.3 is 10.2 Å². The van der Waals surface area contributed by atoms with E-state index in [1.807, 2.05) is 23.1 Å². The smallest absolute Gasteiger partial charge is 0.321 e. The summed E-state index contributed by atoms with van der Waals surface area (Å²) in [5.74, 6) is 0.159. The average molecular weight is 273 g/mol. The summed E-state index contributed by atoms with van der Waals surface area (Å²) < 4.78 is 0. The number of imide groups is 1. The number of amides is 3. The fourth-order valence-corrected chi connectivity index (χ4v) is 2.66. The molecule has 1 heterocycles. The van der Waals surface area contributed by atoms with Crippen molar-refractivity contribution in [3.05, 3.63) is 29.8 Å². The third kappa shape index (κ3) is 2.76. The largest absolute Gasteiger partial charge is 0.361 e. The van der Waals surface area contributed by atoms with Crippen LogP contribution in [0.4, 0.5) is 10.5 Å². The maximum absolute atomic E-state index is 11.9. The Hall–Kier alpha value is -2.04. The van der Waals surface area contributed by atoms with Crippen LogP contribution in [0, 0.1) is 0 Å². The molecule has 1 unspecified atom stereocenters. The monoisotopic (exact) mass is 273 g/mol. The van der Waals surface area contributed by atoms with Gasteiger partial charge in [-0.1, -0.05) is 25.1 Å². The molecule has 1 saturated carbocycles. The number of carbonyl (C=O) groups excluding carboxylic acids is 2. The molecule has 5 nitrogen and oxygen atoms in total. The van der Waals surface area contributed by atoms with Gasteiger partial charge in [-0.15, -0.1) is 0 Å². The Morgan fingerprint density at radius 2 is 2.05 bits per heavy atom. The van der Waals surface area contributed by atoms with Gasteiger partial charge in [0.25, 0.3) is 0 Å². The molecule has 1 aliphatic heterocycles. The molecule has 0 bridgehead atoms. The standard InChI is InChI=1S/C15H19N3O2/c1-10-8-18(13-5-3-2-4-12(10)13)9-14(19)17-15(20)16-11-6-7-11/h2-5,10-11H,6-9H2,1H3,(H2,16,17,19,20).